The van der Waals surface area contributed by atoms with Crippen molar-refractivity contribution >= 4 is 11.6 Å². The van der Waals surface area contributed by atoms with Gasteiger partial charge < -0.3 is 31.6 Å². The fraction of sp³-hybridized carbons (Fsp3) is 0.333. The summed E-state index contributed by atoms with van der Waals surface area (Å²) in [6, 6.07) is 9.47. The predicted molar refractivity (Wildman–Crippen MR) is 79.3 cm³/mol. The first kappa shape index (κ1) is 17.9. The van der Waals surface area contributed by atoms with Crippen LogP contribution in [-0.4, -0.2) is 27.4 Å². The third-order valence-corrected chi connectivity index (χ3v) is 3.18. The zero-order valence-electron chi connectivity index (χ0n) is 12.0. The van der Waals surface area contributed by atoms with Crippen LogP contribution in [0.2, 0.25) is 5.02 Å². The van der Waals surface area contributed by atoms with E-state index in [2.05, 4.69) is 5.32 Å². The van der Waals surface area contributed by atoms with E-state index in [4.69, 9.17) is 25.5 Å². The van der Waals surface area contributed by atoms with Crippen molar-refractivity contribution in [3.63, 3.8) is 0 Å². The van der Waals surface area contributed by atoms with Gasteiger partial charge in [-0.2, -0.15) is 0 Å². The standard InChI is InChI=1S/C15H18ClNO3.ClH/c1-18-8-7-17-10-12-4-6-14(20-12)11-3-5-15(19-2)13(16)9-11;/h3-6,9,17H,7-8,10H2,1-2H3;1H/p-1. The molecule has 0 aliphatic heterocycles. The van der Waals surface area contributed by atoms with Gasteiger partial charge in [-0.3, -0.25) is 0 Å². The van der Waals surface area contributed by atoms with Crippen molar-refractivity contribution in [3.8, 4) is 17.1 Å². The van der Waals surface area contributed by atoms with Gasteiger partial charge >= 0.3 is 0 Å². The fourth-order valence-electron chi connectivity index (χ4n) is 1.83. The summed E-state index contributed by atoms with van der Waals surface area (Å²) in [7, 11) is 3.28. The minimum absolute atomic E-state index is 0. The quantitative estimate of drug-likeness (QED) is 0.744. The van der Waals surface area contributed by atoms with Gasteiger partial charge in [-0.15, -0.1) is 0 Å². The lowest BCUT2D eigenvalue weighted by atomic mass is 10.2. The highest BCUT2D eigenvalue weighted by Gasteiger charge is 2.08. The van der Waals surface area contributed by atoms with Gasteiger partial charge in [0.05, 0.1) is 25.3 Å². The second-order valence-electron chi connectivity index (χ2n) is 4.28. The summed E-state index contributed by atoms with van der Waals surface area (Å²) < 4.78 is 15.9. The average Bonchev–Trinajstić information content (AvgIpc) is 2.92. The molecule has 1 aromatic heterocycles. The Morgan fingerprint density at radius 1 is 1.19 bits per heavy atom. The molecule has 2 rings (SSSR count). The van der Waals surface area contributed by atoms with Crippen LogP contribution < -0.4 is 22.5 Å². The Kier molecular flexibility index (Phi) is 7.61. The van der Waals surface area contributed by atoms with Gasteiger partial charge in [0, 0.05) is 19.2 Å². The highest BCUT2D eigenvalue weighted by molar-refractivity contribution is 6.32. The van der Waals surface area contributed by atoms with E-state index < -0.39 is 0 Å². The Morgan fingerprint density at radius 3 is 2.67 bits per heavy atom. The van der Waals surface area contributed by atoms with Crippen LogP contribution in [0.15, 0.2) is 34.7 Å². The van der Waals surface area contributed by atoms with Crippen LogP contribution in [0.3, 0.4) is 0 Å². The normalized spacial score (nSPS) is 10.2. The van der Waals surface area contributed by atoms with Gasteiger partial charge in [-0.05, 0) is 30.3 Å². The summed E-state index contributed by atoms with van der Waals surface area (Å²) in [5, 5.41) is 3.80. The summed E-state index contributed by atoms with van der Waals surface area (Å²) in [4.78, 5) is 0. The second kappa shape index (κ2) is 8.95. The highest BCUT2D eigenvalue weighted by Crippen LogP contribution is 2.30. The molecule has 0 unspecified atom stereocenters. The second-order valence-corrected chi connectivity index (χ2v) is 4.69. The molecular weight excluding hydrogens is 313 g/mol. The molecular formula is C15H18Cl2NO3-. The number of halogens is 2. The molecule has 0 spiro atoms. The summed E-state index contributed by atoms with van der Waals surface area (Å²) in [5.74, 6) is 2.32. The fourth-order valence-corrected chi connectivity index (χ4v) is 2.09. The van der Waals surface area contributed by atoms with E-state index in [9.17, 15) is 0 Å². The van der Waals surface area contributed by atoms with E-state index in [0.29, 0.717) is 23.9 Å². The SMILES string of the molecule is COCCNCc1ccc(-c2ccc(OC)c(Cl)c2)o1.[Cl-]. The zero-order valence-corrected chi connectivity index (χ0v) is 13.5. The summed E-state index contributed by atoms with van der Waals surface area (Å²) in [6.45, 7) is 2.15. The van der Waals surface area contributed by atoms with Crippen molar-refractivity contribution in [1.29, 1.82) is 0 Å². The Morgan fingerprint density at radius 2 is 2.00 bits per heavy atom. The molecule has 0 atom stereocenters. The first-order valence-electron chi connectivity index (χ1n) is 6.37. The molecule has 0 amide bonds. The van der Waals surface area contributed by atoms with Crippen molar-refractivity contribution in [2.24, 2.45) is 0 Å². The molecule has 0 aliphatic rings. The smallest absolute Gasteiger partial charge is 0.137 e. The van der Waals surface area contributed by atoms with Crippen molar-refractivity contribution in [2.75, 3.05) is 27.4 Å². The molecule has 0 saturated heterocycles. The van der Waals surface area contributed by atoms with Crippen LogP contribution >= 0.6 is 11.6 Å². The van der Waals surface area contributed by atoms with Crippen molar-refractivity contribution < 1.29 is 26.3 Å². The molecule has 0 radical (unpaired) electrons. The van der Waals surface area contributed by atoms with E-state index in [0.717, 1.165) is 23.6 Å². The van der Waals surface area contributed by atoms with E-state index in [1.165, 1.54) is 0 Å². The number of rotatable bonds is 7. The average molecular weight is 331 g/mol. The lowest BCUT2D eigenvalue weighted by molar-refractivity contribution is -0.00000523. The van der Waals surface area contributed by atoms with Crippen molar-refractivity contribution in [2.45, 2.75) is 6.54 Å². The number of ether oxygens (including phenoxy) is 2. The minimum atomic E-state index is 0. The Bertz CT molecular complexity index is 558. The molecule has 6 heteroatoms. The molecule has 4 nitrogen and oxygen atoms in total. The van der Waals surface area contributed by atoms with Crippen LogP contribution in [0.1, 0.15) is 5.76 Å². The molecule has 0 bridgehead atoms. The molecule has 21 heavy (non-hydrogen) atoms. The van der Waals surface area contributed by atoms with Gasteiger partial charge in [0.2, 0.25) is 0 Å². The molecule has 2 aromatic rings. The molecule has 116 valence electrons. The number of methoxy groups -OCH3 is 2. The lowest BCUT2D eigenvalue weighted by Crippen LogP contribution is -3.00. The Hall–Kier alpha value is -1.20. The van der Waals surface area contributed by atoms with Gasteiger partial charge in [0.1, 0.15) is 17.3 Å². The van der Waals surface area contributed by atoms with Gasteiger partial charge in [0.25, 0.3) is 0 Å². The van der Waals surface area contributed by atoms with Crippen LogP contribution in [0.25, 0.3) is 11.3 Å². The first-order chi connectivity index (χ1) is 9.74. The van der Waals surface area contributed by atoms with E-state index in [1.807, 2.05) is 30.3 Å². The number of nitrogens with one attached hydrogen (secondary N) is 1. The van der Waals surface area contributed by atoms with Crippen LogP contribution in [0.4, 0.5) is 0 Å². The van der Waals surface area contributed by atoms with E-state index in [-0.39, 0.29) is 12.4 Å². The summed E-state index contributed by atoms with van der Waals surface area (Å²) in [6.07, 6.45) is 0. The van der Waals surface area contributed by atoms with Gasteiger partial charge in [-0.25, -0.2) is 0 Å². The molecule has 1 aromatic carbocycles. The lowest BCUT2D eigenvalue weighted by Gasteiger charge is -2.04. The van der Waals surface area contributed by atoms with E-state index >= 15 is 0 Å². The maximum absolute atomic E-state index is 6.11. The summed E-state index contributed by atoms with van der Waals surface area (Å²) >= 11 is 6.11. The first-order valence-corrected chi connectivity index (χ1v) is 6.74. The van der Waals surface area contributed by atoms with Gasteiger partial charge in [-0.1, -0.05) is 11.6 Å². The van der Waals surface area contributed by atoms with Crippen LogP contribution in [0, 0.1) is 0 Å². The molecule has 0 saturated carbocycles. The molecule has 0 aliphatic carbocycles. The maximum atomic E-state index is 6.11. The predicted octanol–water partition coefficient (Wildman–Crippen LogP) is 0.349. The third kappa shape index (κ3) is 4.93. The number of hydrogen-bond donors (Lipinski definition) is 1. The topological polar surface area (TPSA) is 43.6 Å². The van der Waals surface area contributed by atoms with Crippen molar-refractivity contribution in [3.05, 3.63) is 41.1 Å². The van der Waals surface area contributed by atoms with Crippen molar-refractivity contribution in [1.82, 2.24) is 5.32 Å². The number of hydrogen-bond acceptors (Lipinski definition) is 4. The zero-order chi connectivity index (χ0) is 14.4. The molecule has 0 fully saturated rings. The Balaban J connectivity index is 0.00000220. The molecule has 1 N–H and O–H groups in total. The monoisotopic (exact) mass is 330 g/mol. The van der Waals surface area contributed by atoms with Gasteiger partial charge in [0.15, 0.2) is 0 Å². The van der Waals surface area contributed by atoms with Crippen LogP contribution in [0.5, 0.6) is 5.75 Å². The van der Waals surface area contributed by atoms with E-state index in [1.54, 1.807) is 14.2 Å². The maximum Gasteiger partial charge on any atom is 0.137 e. The highest BCUT2D eigenvalue weighted by atomic mass is 35.5. The molecule has 1 heterocycles. The number of furan rings is 1. The van der Waals surface area contributed by atoms with Crippen LogP contribution in [-0.2, 0) is 11.3 Å². The summed E-state index contributed by atoms with van der Waals surface area (Å²) in [5.41, 5.74) is 0.930. The number of benzene rings is 1. The minimum Gasteiger partial charge on any atom is -1.00 e. The Labute approximate surface area is 135 Å². The largest absolute Gasteiger partial charge is 1.00 e. The third-order valence-electron chi connectivity index (χ3n) is 2.88.